The maximum absolute atomic E-state index is 5.63. The lowest BCUT2D eigenvalue weighted by atomic mass is 10.2. The highest BCUT2D eigenvalue weighted by atomic mass is 32.2. The number of aryl methyl sites for hydroxylation is 1. The van der Waals surface area contributed by atoms with Crippen LogP contribution in [0.1, 0.15) is 31.7 Å². The molecule has 0 saturated carbocycles. The Morgan fingerprint density at radius 2 is 2.00 bits per heavy atom. The summed E-state index contributed by atoms with van der Waals surface area (Å²) in [4.78, 5) is 0. The molecule has 142 valence electrons. The molecule has 7 heteroatoms. The van der Waals surface area contributed by atoms with Gasteiger partial charge in [-0.1, -0.05) is 31.7 Å². The van der Waals surface area contributed by atoms with Gasteiger partial charge in [-0.2, -0.15) is 0 Å². The van der Waals surface area contributed by atoms with E-state index < -0.39 is 0 Å². The Labute approximate surface area is 159 Å². The fraction of sp³-hybridized carbons (Fsp3) is 0.579. The van der Waals surface area contributed by atoms with Gasteiger partial charge in [-0.3, -0.25) is 0 Å². The average molecular weight is 377 g/mol. The summed E-state index contributed by atoms with van der Waals surface area (Å²) >= 11 is 1.66. The smallest absolute Gasteiger partial charge is 0.190 e. The van der Waals surface area contributed by atoms with Crippen LogP contribution in [0.2, 0.25) is 0 Å². The van der Waals surface area contributed by atoms with E-state index in [0.717, 1.165) is 55.0 Å². The van der Waals surface area contributed by atoms with Gasteiger partial charge in [0.05, 0.1) is 0 Å². The molecular weight excluding hydrogens is 348 g/mol. The number of nitrogens with one attached hydrogen (secondary N) is 1. The summed E-state index contributed by atoms with van der Waals surface area (Å²) < 4.78 is 13.5. The maximum Gasteiger partial charge on any atom is 0.190 e. The van der Waals surface area contributed by atoms with Gasteiger partial charge in [-0.15, -0.1) is 10.2 Å². The zero-order valence-corrected chi connectivity index (χ0v) is 16.6. The van der Waals surface area contributed by atoms with Gasteiger partial charge in [0.1, 0.15) is 19.0 Å². The van der Waals surface area contributed by atoms with Gasteiger partial charge in [0.15, 0.2) is 16.7 Å². The third kappa shape index (κ3) is 4.92. The van der Waals surface area contributed by atoms with E-state index in [0.29, 0.717) is 19.1 Å². The summed E-state index contributed by atoms with van der Waals surface area (Å²) in [5.41, 5.74) is 1.21. The molecule has 1 aliphatic rings. The standard InChI is InChI=1S/C19H28N4O2S/c1-14(2)13-23-18(21-22-19(23)26-3)5-4-8-20-12-15-6-7-16-17(11-15)25-10-9-24-16/h6-7,11,14,20H,4-5,8-10,12-13H2,1-3H3. The fourth-order valence-electron chi connectivity index (χ4n) is 3.01. The van der Waals surface area contributed by atoms with Gasteiger partial charge < -0.3 is 19.4 Å². The molecule has 3 rings (SSSR count). The first kappa shape index (κ1) is 19.0. The lowest BCUT2D eigenvalue weighted by Gasteiger charge is -2.19. The van der Waals surface area contributed by atoms with E-state index in [-0.39, 0.29) is 0 Å². The monoisotopic (exact) mass is 376 g/mol. The van der Waals surface area contributed by atoms with E-state index in [1.165, 1.54) is 5.56 Å². The zero-order valence-electron chi connectivity index (χ0n) is 15.8. The van der Waals surface area contributed by atoms with E-state index in [2.05, 4.69) is 52.3 Å². The first-order chi connectivity index (χ1) is 12.7. The number of benzene rings is 1. The van der Waals surface area contributed by atoms with Crippen molar-refractivity contribution in [3.8, 4) is 11.5 Å². The van der Waals surface area contributed by atoms with Crippen molar-refractivity contribution >= 4 is 11.8 Å². The molecule has 0 bridgehead atoms. The maximum atomic E-state index is 5.63. The number of fused-ring (bicyclic) bond motifs is 1. The molecule has 2 aromatic rings. The molecule has 0 unspecified atom stereocenters. The summed E-state index contributed by atoms with van der Waals surface area (Å²) in [6, 6.07) is 6.14. The van der Waals surface area contributed by atoms with Crippen molar-refractivity contribution in [3.63, 3.8) is 0 Å². The Morgan fingerprint density at radius 1 is 1.19 bits per heavy atom. The molecule has 0 aliphatic carbocycles. The molecule has 0 radical (unpaired) electrons. The summed E-state index contributed by atoms with van der Waals surface area (Å²) in [6.45, 7) is 8.45. The van der Waals surface area contributed by atoms with Crippen LogP contribution in [0.25, 0.3) is 0 Å². The van der Waals surface area contributed by atoms with Crippen LogP contribution < -0.4 is 14.8 Å². The first-order valence-electron chi connectivity index (χ1n) is 9.22. The van der Waals surface area contributed by atoms with Crippen molar-refractivity contribution in [3.05, 3.63) is 29.6 Å². The number of rotatable bonds is 9. The van der Waals surface area contributed by atoms with E-state index in [9.17, 15) is 0 Å². The number of aromatic nitrogens is 3. The van der Waals surface area contributed by atoms with Crippen molar-refractivity contribution in [2.45, 2.75) is 44.9 Å². The van der Waals surface area contributed by atoms with E-state index in [4.69, 9.17) is 9.47 Å². The van der Waals surface area contributed by atoms with Crippen LogP contribution in [-0.2, 0) is 19.5 Å². The summed E-state index contributed by atoms with van der Waals surface area (Å²) in [5.74, 6) is 3.36. The van der Waals surface area contributed by atoms with E-state index in [1.54, 1.807) is 11.8 Å². The van der Waals surface area contributed by atoms with Crippen LogP contribution in [0, 0.1) is 5.92 Å². The minimum atomic E-state index is 0.587. The minimum Gasteiger partial charge on any atom is -0.486 e. The predicted molar refractivity (Wildman–Crippen MR) is 104 cm³/mol. The molecule has 6 nitrogen and oxygen atoms in total. The number of hydrogen-bond acceptors (Lipinski definition) is 6. The molecule has 1 aromatic carbocycles. The SMILES string of the molecule is CSc1nnc(CCCNCc2ccc3c(c2)OCCO3)n1CC(C)C. The van der Waals surface area contributed by atoms with Gasteiger partial charge >= 0.3 is 0 Å². The molecule has 0 spiro atoms. The number of hydrogen-bond donors (Lipinski definition) is 1. The molecule has 1 N–H and O–H groups in total. The third-order valence-corrected chi connectivity index (χ3v) is 4.88. The summed E-state index contributed by atoms with van der Waals surface area (Å²) in [5, 5.41) is 13.2. The second-order valence-electron chi connectivity index (χ2n) is 6.87. The van der Waals surface area contributed by atoms with Crippen LogP contribution in [0.15, 0.2) is 23.4 Å². The molecule has 1 aliphatic heterocycles. The molecule has 0 amide bonds. The molecule has 0 saturated heterocycles. The molecule has 2 heterocycles. The second kappa shape index (κ2) is 9.28. The van der Waals surface area contributed by atoms with Crippen molar-refractivity contribution in [2.75, 3.05) is 26.0 Å². The average Bonchev–Trinajstić information content (AvgIpc) is 3.02. The number of ether oxygens (including phenoxy) is 2. The van der Waals surface area contributed by atoms with E-state index in [1.807, 2.05) is 6.07 Å². The summed E-state index contributed by atoms with van der Waals surface area (Å²) in [7, 11) is 0. The van der Waals surface area contributed by atoms with Crippen LogP contribution in [0.4, 0.5) is 0 Å². The fourth-order valence-corrected chi connectivity index (χ4v) is 3.53. The lowest BCUT2D eigenvalue weighted by molar-refractivity contribution is 0.171. The Bertz CT molecular complexity index is 718. The van der Waals surface area contributed by atoms with Gasteiger partial charge in [0.2, 0.25) is 0 Å². The Kier molecular flexibility index (Phi) is 6.80. The van der Waals surface area contributed by atoms with Crippen LogP contribution in [0.3, 0.4) is 0 Å². The van der Waals surface area contributed by atoms with Gasteiger partial charge in [-0.05, 0) is 42.8 Å². The van der Waals surface area contributed by atoms with E-state index >= 15 is 0 Å². The Hall–Kier alpha value is -1.73. The third-order valence-electron chi connectivity index (χ3n) is 4.21. The van der Waals surface area contributed by atoms with Gasteiger partial charge in [-0.25, -0.2) is 0 Å². The lowest BCUT2D eigenvalue weighted by Crippen LogP contribution is -2.18. The highest BCUT2D eigenvalue weighted by Gasteiger charge is 2.13. The number of thioether (sulfide) groups is 1. The predicted octanol–water partition coefficient (Wildman–Crippen LogP) is 3.15. The van der Waals surface area contributed by atoms with Crippen LogP contribution >= 0.6 is 11.8 Å². The normalized spacial score (nSPS) is 13.4. The first-order valence-corrected chi connectivity index (χ1v) is 10.4. The largest absolute Gasteiger partial charge is 0.486 e. The van der Waals surface area contributed by atoms with Gasteiger partial charge in [0, 0.05) is 19.5 Å². The van der Waals surface area contributed by atoms with Crippen molar-refractivity contribution < 1.29 is 9.47 Å². The Morgan fingerprint density at radius 3 is 2.77 bits per heavy atom. The quantitative estimate of drug-likeness (QED) is 0.536. The molecular formula is C19H28N4O2S. The van der Waals surface area contributed by atoms with Crippen molar-refractivity contribution in [2.24, 2.45) is 5.92 Å². The molecule has 1 aromatic heterocycles. The van der Waals surface area contributed by atoms with Crippen molar-refractivity contribution in [1.82, 2.24) is 20.1 Å². The molecule has 26 heavy (non-hydrogen) atoms. The second-order valence-corrected chi connectivity index (χ2v) is 7.64. The Balaban J connectivity index is 1.45. The van der Waals surface area contributed by atoms with Crippen LogP contribution in [0.5, 0.6) is 11.5 Å². The minimum absolute atomic E-state index is 0.587. The zero-order chi connectivity index (χ0) is 18.4. The molecule has 0 fully saturated rings. The highest BCUT2D eigenvalue weighted by Crippen LogP contribution is 2.30. The summed E-state index contributed by atoms with van der Waals surface area (Å²) in [6.07, 6.45) is 4.03. The topological polar surface area (TPSA) is 61.2 Å². The molecule has 0 atom stereocenters. The van der Waals surface area contributed by atoms with Crippen LogP contribution in [-0.4, -0.2) is 40.8 Å². The highest BCUT2D eigenvalue weighted by molar-refractivity contribution is 7.98. The number of nitrogens with zero attached hydrogens (tertiary/aromatic N) is 3. The van der Waals surface area contributed by atoms with Crippen molar-refractivity contribution in [1.29, 1.82) is 0 Å². The van der Waals surface area contributed by atoms with Gasteiger partial charge in [0.25, 0.3) is 0 Å².